The molecule has 80 valence electrons. The predicted molar refractivity (Wildman–Crippen MR) is 61.5 cm³/mol. The van der Waals surface area contributed by atoms with Gasteiger partial charge in [0, 0.05) is 12.0 Å². The quantitative estimate of drug-likeness (QED) is 0.455. The Kier molecular flexibility index (Phi) is 3.27. The van der Waals surface area contributed by atoms with Crippen LogP contribution in [0.5, 0.6) is 0 Å². The molecular formula is C14H6NNaO2. The normalized spacial score (nSPS) is 13.2. The Bertz CT molecular complexity index is 661. The van der Waals surface area contributed by atoms with E-state index in [2.05, 4.69) is 0 Å². The van der Waals surface area contributed by atoms with Gasteiger partial charge in [0.25, 0.3) is 0 Å². The molecule has 0 aliphatic heterocycles. The van der Waals surface area contributed by atoms with Crippen LogP contribution in [0.2, 0.25) is 0 Å². The standard InChI is InChI=1S/C14H6NO2.Na/c15-7-12-13(16)10-5-8-3-1-2-4-9(8)6-11(10)14(12)17;/h1-6H;/q-1;+1. The monoisotopic (exact) mass is 243 g/mol. The number of carbonyl (C=O) groups is 2. The maximum atomic E-state index is 11.8. The molecule has 0 amide bonds. The van der Waals surface area contributed by atoms with Gasteiger partial charge in [0.15, 0.2) is 0 Å². The van der Waals surface area contributed by atoms with Gasteiger partial charge < -0.3 is 9.59 Å². The van der Waals surface area contributed by atoms with Crippen molar-refractivity contribution in [1.82, 2.24) is 0 Å². The average Bonchev–Trinajstić information content (AvgIpc) is 2.59. The summed E-state index contributed by atoms with van der Waals surface area (Å²) >= 11 is 0. The first-order chi connectivity index (χ1) is 8.22. The molecule has 0 aromatic heterocycles. The summed E-state index contributed by atoms with van der Waals surface area (Å²) in [5.74, 6) is -1.20. The van der Waals surface area contributed by atoms with E-state index in [0.29, 0.717) is 11.1 Å². The van der Waals surface area contributed by atoms with Crippen LogP contribution in [0.15, 0.2) is 36.4 Å². The van der Waals surface area contributed by atoms with Crippen LogP contribution in [-0.2, 0) is 0 Å². The van der Waals surface area contributed by atoms with Crippen LogP contribution in [-0.4, -0.2) is 11.6 Å². The summed E-state index contributed by atoms with van der Waals surface area (Å²) in [6.45, 7) is 0. The fourth-order valence-electron chi connectivity index (χ4n) is 2.09. The molecule has 2 aromatic rings. The predicted octanol–water partition coefficient (Wildman–Crippen LogP) is -0.679. The van der Waals surface area contributed by atoms with Crippen LogP contribution in [0.3, 0.4) is 0 Å². The van der Waals surface area contributed by atoms with Crippen molar-refractivity contribution in [2.45, 2.75) is 0 Å². The van der Waals surface area contributed by atoms with Crippen molar-refractivity contribution in [3.8, 4) is 6.07 Å². The number of fused-ring (bicyclic) bond motifs is 2. The number of rotatable bonds is 0. The molecule has 18 heavy (non-hydrogen) atoms. The zero-order chi connectivity index (χ0) is 12.0. The first kappa shape index (κ1) is 12.8. The van der Waals surface area contributed by atoms with E-state index in [9.17, 15) is 9.59 Å². The van der Waals surface area contributed by atoms with Gasteiger partial charge in [0.1, 0.15) is 0 Å². The van der Waals surface area contributed by atoms with E-state index < -0.39 is 11.6 Å². The second-order valence-corrected chi connectivity index (χ2v) is 3.89. The van der Waals surface area contributed by atoms with Crippen LogP contribution in [0.25, 0.3) is 10.8 Å². The molecule has 0 bridgehead atoms. The zero-order valence-electron chi connectivity index (χ0n) is 9.73. The average molecular weight is 243 g/mol. The van der Waals surface area contributed by atoms with Crippen LogP contribution in [0.1, 0.15) is 20.7 Å². The molecule has 1 aliphatic carbocycles. The van der Waals surface area contributed by atoms with Crippen LogP contribution in [0, 0.1) is 17.2 Å². The molecule has 0 spiro atoms. The van der Waals surface area contributed by atoms with Gasteiger partial charge in [0.2, 0.25) is 0 Å². The largest absolute Gasteiger partial charge is 1.00 e. The molecule has 0 radical (unpaired) electrons. The second kappa shape index (κ2) is 4.58. The molecule has 3 rings (SSSR count). The molecule has 0 saturated heterocycles. The van der Waals surface area contributed by atoms with Gasteiger partial charge in [-0.2, -0.15) is 0 Å². The molecular weight excluding hydrogens is 237 g/mol. The minimum atomic E-state index is -0.460. The molecule has 4 heteroatoms. The third-order valence-electron chi connectivity index (χ3n) is 2.94. The molecule has 3 nitrogen and oxygen atoms in total. The Morgan fingerprint density at radius 3 is 1.78 bits per heavy atom. The SMILES string of the molecule is N#C[C-]1C(=O)c2cc3ccccc3cc2C1=O.[Na+]. The Balaban J connectivity index is 0.00000120. The summed E-state index contributed by atoms with van der Waals surface area (Å²) in [5, 5.41) is 10.6. The minimum Gasteiger partial charge on any atom is -0.318 e. The summed E-state index contributed by atoms with van der Waals surface area (Å²) in [6.07, 6.45) is 0. The van der Waals surface area contributed by atoms with Crippen molar-refractivity contribution in [2.75, 3.05) is 0 Å². The van der Waals surface area contributed by atoms with Crippen molar-refractivity contribution in [2.24, 2.45) is 0 Å². The molecule has 0 unspecified atom stereocenters. The summed E-state index contributed by atoms with van der Waals surface area (Å²) in [6, 6.07) is 12.5. The van der Waals surface area contributed by atoms with Gasteiger partial charge in [-0.25, -0.2) is 5.26 Å². The zero-order valence-corrected chi connectivity index (χ0v) is 11.7. The Labute approximate surface area is 126 Å². The van der Waals surface area contributed by atoms with Gasteiger partial charge in [-0.05, 0) is 10.8 Å². The number of carbonyl (C=O) groups excluding carboxylic acids is 2. The van der Waals surface area contributed by atoms with E-state index >= 15 is 0 Å². The number of Topliss-reactive ketones (excluding diaryl/α,β-unsaturated/α-hetero) is 2. The number of hydrogen-bond donors (Lipinski definition) is 0. The molecule has 0 heterocycles. The van der Waals surface area contributed by atoms with Crippen molar-refractivity contribution in [1.29, 1.82) is 5.26 Å². The summed E-state index contributed by atoms with van der Waals surface area (Å²) in [4.78, 5) is 23.6. The number of hydrogen-bond acceptors (Lipinski definition) is 3. The number of benzene rings is 2. The maximum absolute atomic E-state index is 11.8. The smallest absolute Gasteiger partial charge is 0.318 e. The van der Waals surface area contributed by atoms with Crippen LogP contribution < -0.4 is 29.6 Å². The van der Waals surface area contributed by atoms with E-state index in [1.165, 1.54) is 0 Å². The first-order valence-electron chi connectivity index (χ1n) is 5.11. The van der Waals surface area contributed by atoms with Crippen molar-refractivity contribution >= 4 is 22.3 Å². The van der Waals surface area contributed by atoms with Crippen molar-refractivity contribution in [3.63, 3.8) is 0 Å². The van der Waals surface area contributed by atoms with Gasteiger partial charge in [-0.3, -0.25) is 0 Å². The fourth-order valence-corrected chi connectivity index (χ4v) is 2.09. The summed E-state index contributed by atoms with van der Waals surface area (Å²) in [5.41, 5.74) is 0.676. The topological polar surface area (TPSA) is 57.9 Å². The van der Waals surface area contributed by atoms with Gasteiger partial charge in [-0.1, -0.05) is 24.3 Å². The molecule has 1 aliphatic rings. The Morgan fingerprint density at radius 2 is 1.39 bits per heavy atom. The van der Waals surface area contributed by atoms with E-state index in [4.69, 9.17) is 5.26 Å². The molecule has 0 fully saturated rings. The summed E-state index contributed by atoms with van der Waals surface area (Å²) in [7, 11) is 0. The van der Waals surface area contributed by atoms with Crippen LogP contribution in [0.4, 0.5) is 0 Å². The van der Waals surface area contributed by atoms with E-state index in [0.717, 1.165) is 10.8 Å². The fraction of sp³-hybridized carbons (Fsp3) is 0. The van der Waals surface area contributed by atoms with Gasteiger partial charge in [0.05, 0.1) is 11.6 Å². The van der Waals surface area contributed by atoms with Crippen LogP contribution >= 0.6 is 0 Å². The molecule has 2 aromatic carbocycles. The Morgan fingerprint density at radius 1 is 0.944 bits per heavy atom. The number of nitrogens with zero attached hydrogens (tertiary/aromatic N) is 1. The third-order valence-corrected chi connectivity index (χ3v) is 2.94. The summed E-state index contributed by atoms with van der Waals surface area (Å²) < 4.78 is 0. The van der Waals surface area contributed by atoms with Crippen molar-refractivity contribution in [3.05, 3.63) is 53.4 Å². The third kappa shape index (κ3) is 1.67. The number of nitriles is 1. The maximum Gasteiger partial charge on any atom is 1.00 e. The van der Waals surface area contributed by atoms with E-state index in [-0.39, 0.29) is 35.5 Å². The number of ketones is 2. The molecule has 0 N–H and O–H groups in total. The van der Waals surface area contributed by atoms with E-state index in [1.807, 2.05) is 24.3 Å². The molecule has 0 atom stereocenters. The van der Waals surface area contributed by atoms with Gasteiger partial charge >= 0.3 is 29.6 Å². The van der Waals surface area contributed by atoms with Crippen molar-refractivity contribution < 1.29 is 39.1 Å². The molecule has 0 saturated carbocycles. The van der Waals surface area contributed by atoms with E-state index in [1.54, 1.807) is 18.2 Å². The second-order valence-electron chi connectivity index (χ2n) is 3.89. The Hall–Kier alpha value is -1.60. The first-order valence-corrected chi connectivity index (χ1v) is 5.11. The van der Waals surface area contributed by atoms with Gasteiger partial charge in [-0.15, -0.1) is 23.3 Å². The minimum absolute atomic E-state index is 0.